The van der Waals surface area contributed by atoms with Crippen molar-refractivity contribution >= 4 is 5.96 Å². The molecule has 1 saturated heterocycles. The standard InChI is InChI=1S/C22H34N6O/c1-18(17-28-14-6-11-26-28)15-24-22(23-2)25-16-21(27-12-4-5-13-27)19-7-9-20(29-3)10-8-19/h6-11,14,18,21H,4-5,12-13,15-17H2,1-3H3,(H2,23,24,25). The van der Waals surface area contributed by atoms with Crippen LogP contribution in [0.3, 0.4) is 0 Å². The van der Waals surface area contributed by atoms with E-state index < -0.39 is 0 Å². The summed E-state index contributed by atoms with van der Waals surface area (Å²) in [6, 6.07) is 10.7. The van der Waals surface area contributed by atoms with E-state index in [2.05, 4.69) is 44.7 Å². The molecular weight excluding hydrogens is 364 g/mol. The van der Waals surface area contributed by atoms with E-state index in [-0.39, 0.29) is 0 Å². The van der Waals surface area contributed by atoms with Gasteiger partial charge in [-0.2, -0.15) is 5.10 Å². The Bertz CT molecular complexity index is 737. The fourth-order valence-corrected chi connectivity index (χ4v) is 3.81. The Morgan fingerprint density at radius 1 is 1.17 bits per heavy atom. The normalized spacial score (nSPS) is 17.1. The maximum Gasteiger partial charge on any atom is 0.191 e. The van der Waals surface area contributed by atoms with Crippen molar-refractivity contribution in [1.29, 1.82) is 0 Å². The van der Waals surface area contributed by atoms with Crippen LogP contribution in [0.2, 0.25) is 0 Å². The molecule has 0 aliphatic carbocycles. The van der Waals surface area contributed by atoms with E-state index in [0.29, 0.717) is 12.0 Å². The first-order chi connectivity index (χ1) is 14.2. The average Bonchev–Trinajstić information content (AvgIpc) is 3.45. The molecule has 2 atom stereocenters. The quantitative estimate of drug-likeness (QED) is 0.502. The zero-order valence-electron chi connectivity index (χ0n) is 17.8. The molecule has 1 aliphatic heterocycles. The maximum absolute atomic E-state index is 5.32. The van der Waals surface area contributed by atoms with Gasteiger partial charge in [-0.1, -0.05) is 19.1 Å². The second kappa shape index (κ2) is 10.9. The molecule has 0 saturated carbocycles. The predicted molar refractivity (Wildman–Crippen MR) is 117 cm³/mol. The smallest absolute Gasteiger partial charge is 0.191 e. The Balaban J connectivity index is 1.55. The second-order valence-electron chi connectivity index (χ2n) is 7.70. The van der Waals surface area contributed by atoms with Crippen LogP contribution in [0.4, 0.5) is 0 Å². The number of aromatic nitrogens is 2. The minimum atomic E-state index is 0.323. The molecule has 29 heavy (non-hydrogen) atoms. The summed E-state index contributed by atoms with van der Waals surface area (Å²) < 4.78 is 7.29. The van der Waals surface area contributed by atoms with Crippen LogP contribution in [0.1, 0.15) is 31.4 Å². The summed E-state index contributed by atoms with van der Waals surface area (Å²) in [6.45, 7) is 7.05. The largest absolute Gasteiger partial charge is 0.497 e. The van der Waals surface area contributed by atoms with Gasteiger partial charge in [0.25, 0.3) is 0 Å². The van der Waals surface area contributed by atoms with Gasteiger partial charge in [-0.25, -0.2) is 0 Å². The summed E-state index contributed by atoms with van der Waals surface area (Å²) in [5.41, 5.74) is 1.31. The number of aliphatic imine (C=N–C) groups is 1. The van der Waals surface area contributed by atoms with Crippen molar-refractivity contribution in [3.63, 3.8) is 0 Å². The number of hydrogen-bond acceptors (Lipinski definition) is 4. The highest BCUT2D eigenvalue weighted by atomic mass is 16.5. The zero-order valence-corrected chi connectivity index (χ0v) is 17.8. The summed E-state index contributed by atoms with van der Waals surface area (Å²) in [5, 5.41) is 11.3. The fourth-order valence-electron chi connectivity index (χ4n) is 3.81. The molecule has 2 unspecified atom stereocenters. The Hall–Kier alpha value is -2.54. The van der Waals surface area contributed by atoms with Gasteiger partial charge in [0.2, 0.25) is 0 Å². The van der Waals surface area contributed by atoms with Crippen molar-refractivity contribution in [3.8, 4) is 5.75 Å². The van der Waals surface area contributed by atoms with E-state index >= 15 is 0 Å². The number of benzene rings is 1. The number of guanidine groups is 1. The van der Waals surface area contributed by atoms with E-state index in [1.807, 2.05) is 42.3 Å². The molecule has 1 aromatic carbocycles. The lowest BCUT2D eigenvalue weighted by Crippen LogP contribution is -2.44. The number of rotatable bonds is 9. The van der Waals surface area contributed by atoms with Gasteiger partial charge in [0.15, 0.2) is 5.96 Å². The Labute approximate surface area is 174 Å². The van der Waals surface area contributed by atoms with Gasteiger partial charge >= 0.3 is 0 Å². The van der Waals surface area contributed by atoms with Crippen LogP contribution in [0, 0.1) is 5.92 Å². The van der Waals surface area contributed by atoms with Crippen molar-refractivity contribution in [2.24, 2.45) is 10.9 Å². The van der Waals surface area contributed by atoms with Crippen molar-refractivity contribution in [1.82, 2.24) is 25.3 Å². The van der Waals surface area contributed by atoms with Gasteiger partial charge < -0.3 is 15.4 Å². The van der Waals surface area contributed by atoms with Crippen molar-refractivity contribution < 1.29 is 4.74 Å². The molecule has 1 fully saturated rings. The summed E-state index contributed by atoms with van der Waals surface area (Å²) in [7, 11) is 3.53. The summed E-state index contributed by atoms with van der Waals surface area (Å²) in [6.07, 6.45) is 6.35. The molecule has 0 radical (unpaired) electrons. The summed E-state index contributed by atoms with van der Waals surface area (Å²) in [4.78, 5) is 6.97. The van der Waals surface area contributed by atoms with Crippen LogP contribution in [-0.2, 0) is 6.54 Å². The van der Waals surface area contributed by atoms with Crippen molar-refractivity contribution in [3.05, 3.63) is 48.3 Å². The SMILES string of the molecule is CN=C(NCC(C)Cn1cccn1)NCC(c1ccc(OC)cc1)N1CCCC1. The zero-order chi connectivity index (χ0) is 20.5. The van der Waals surface area contributed by atoms with Gasteiger partial charge in [-0.3, -0.25) is 14.6 Å². The Morgan fingerprint density at radius 3 is 2.52 bits per heavy atom. The highest BCUT2D eigenvalue weighted by molar-refractivity contribution is 5.79. The van der Waals surface area contributed by atoms with Gasteiger partial charge in [-0.15, -0.1) is 0 Å². The lowest BCUT2D eigenvalue weighted by molar-refractivity contribution is 0.245. The maximum atomic E-state index is 5.32. The van der Waals surface area contributed by atoms with Crippen molar-refractivity contribution in [2.75, 3.05) is 40.3 Å². The van der Waals surface area contributed by atoms with Crippen LogP contribution in [0.25, 0.3) is 0 Å². The third kappa shape index (κ3) is 6.22. The molecule has 0 spiro atoms. The average molecular weight is 399 g/mol. The Morgan fingerprint density at radius 2 is 1.90 bits per heavy atom. The molecule has 1 aliphatic rings. The first-order valence-corrected chi connectivity index (χ1v) is 10.5. The van der Waals surface area contributed by atoms with Crippen LogP contribution >= 0.6 is 0 Å². The molecule has 2 aromatic rings. The minimum Gasteiger partial charge on any atom is -0.497 e. The number of ether oxygens (including phenoxy) is 1. The Kier molecular flexibility index (Phi) is 7.93. The molecule has 7 heteroatoms. The van der Waals surface area contributed by atoms with Crippen molar-refractivity contribution in [2.45, 2.75) is 32.4 Å². The van der Waals surface area contributed by atoms with Gasteiger partial charge in [0.1, 0.15) is 5.75 Å². The molecule has 2 N–H and O–H groups in total. The lowest BCUT2D eigenvalue weighted by Gasteiger charge is -2.29. The van der Waals surface area contributed by atoms with Crippen LogP contribution in [0.15, 0.2) is 47.7 Å². The van der Waals surface area contributed by atoms with E-state index in [1.165, 1.54) is 18.4 Å². The van der Waals surface area contributed by atoms with Gasteiger partial charge in [-0.05, 0) is 55.6 Å². The van der Waals surface area contributed by atoms with Crippen LogP contribution in [-0.4, -0.2) is 61.0 Å². The molecule has 2 heterocycles. The van der Waals surface area contributed by atoms with Gasteiger partial charge in [0, 0.05) is 39.1 Å². The van der Waals surface area contributed by atoms with E-state index in [1.54, 1.807) is 7.11 Å². The summed E-state index contributed by atoms with van der Waals surface area (Å²) in [5.74, 6) is 2.19. The number of nitrogens with one attached hydrogen (secondary N) is 2. The third-order valence-corrected chi connectivity index (χ3v) is 5.44. The first kappa shape index (κ1) is 21.2. The van der Waals surface area contributed by atoms with Gasteiger partial charge in [0.05, 0.1) is 13.2 Å². The monoisotopic (exact) mass is 398 g/mol. The van der Waals surface area contributed by atoms with E-state index in [0.717, 1.165) is 44.4 Å². The fraction of sp³-hybridized carbons (Fsp3) is 0.545. The number of likely N-dealkylation sites (tertiary alicyclic amines) is 1. The highest BCUT2D eigenvalue weighted by Gasteiger charge is 2.23. The lowest BCUT2D eigenvalue weighted by atomic mass is 10.1. The van der Waals surface area contributed by atoms with Crippen LogP contribution < -0.4 is 15.4 Å². The number of nitrogens with zero attached hydrogens (tertiary/aromatic N) is 4. The molecule has 0 bridgehead atoms. The molecule has 1 aromatic heterocycles. The second-order valence-corrected chi connectivity index (χ2v) is 7.70. The highest BCUT2D eigenvalue weighted by Crippen LogP contribution is 2.26. The van der Waals surface area contributed by atoms with E-state index in [9.17, 15) is 0 Å². The molecule has 0 amide bonds. The summed E-state index contributed by atoms with van der Waals surface area (Å²) >= 11 is 0. The minimum absolute atomic E-state index is 0.323. The topological polar surface area (TPSA) is 66.7 Å². The first-order valence-electron chi connectivity index (χ1n) is 10.5. The molecule has 158 valence electrons. The van der Waals surface area contributed by atoms with Crippen LogP contribution in [0.5, 0.6) is 5.75 Å². The predicted octanol–water partition coefficient (Wildman–Crippen LogP) is 2.53. The molecule has 7 nitrogen and oxygen atoms in total. The number of hydrogen-bond donors (Lipinski definition) is 2. The molecular formula is C22H34N6O. The van der Waals surface area contributed by atoms with E-state index in [4.69, 9.17) is 4.74 Å². The number of methoxy groups -OCH3 is 1. The molecule has 3 rings (SSSR count). The third-order valence-electron chi connectivity index (χ3n) is 5.44.